The van der Waals surface area contributed by atoms with Crippen molar-refractivity contribution in [3.05, 3.63) is 23.2 Å². The number of carbonyl (C=O) groups is 1. The minimum atomic E-state index is -0.0565. The van der Waals surface area contributed by atoms with Gasteiger partial charge in [0.15, 0.2) is 0 Å². The maximum Gasteiger partial charge on any atom is 0.224 e. The van der Waals surface area contributed by atoms with Gasteiger partial charge in [-0.25, -0.2) is 0 Å². The van der Waals surface area contributed by atoms with E-state index in [0.29, 0.717) is 29.4 Å². The number of benzene rings is 1. The van der Waals surface area contributed by atoms with Crippen LogP contribution < -0.4 is 15.8 Å². The van der Waals surface area contributed by atoms with E-state index in [1.54, 1.807) is 25.3 Å². The maximum absolute atomic E-state index is 11.6. The highest BCUT2D eigenvalue weighted by Crippen LogP contribution is 2.27. The number of unbranched alkanes of at least 4 members (excludes halogenated alkanes) is 1. The van der Waals surface area contributed by atoms with E-state index < -0.39 is 0 Å². The van der Waals surface area contributed by atoms with Crippen molar-refractivity contribution in [2.45, 2.75) is 19.3 Å². The summed E-state index contributed by atoms with van der Waals surface area (Å²) in [4.78, 5) is 11.6. The molecule has 1 amide bonds. The summed E-state index contributed by atoms with van der Waals surface area (Å²) in [6.07, 6.45) is 2.08. The Hall–Kier alpha value is -1.26. The second-order valence-corrected chi connectivity index (χ2v) is 4.07. The van der Waals surface area contributed by atoms with Gasteiger partial charge in [0.05, 0.1) is 12.8 Å². The molecule has 1 rings (SSSR count). The van der Waals surface area contributed by atoms with Crippen LogP contribution >= 0.6 is 11.6 Å². The summed E-state index contributed by atoms with van der Waals surface area (Å²) < 4.78 is 5.13. The molecule has 1 aromatic carbocycles. The predicted octanol–water partition coefficient (Wildman–Crippen LogP) is 2.42. The summed E-state index contributed by atoms with van der Waals surface area (Å²) in [7, 11) is 1.55. The number of rotatable bonds is 6. The van der Waals surface area contributed by atoms with Crippen molar-refractivity contribution in [3.8, 4) is 5.75 Å². The van der Waals surface area contributed by atoms with E-state index in [9.17, 15) is 4.79 Å². The molecule has 0 atom stereocenters. The van der Waals surface area contributed by atoms with Crippen molar-refractivity contribution in [1.82, 2.24) is 0 Å². The Balaban J connectivity index is 2.60. The van der Waals surface area contributed by atoms with Gasteiger partial charge in [0.1, 0.15) is 5.75 Å². The second kappa shape index (κ2) is 7.14. The van der Waals surface area contributed by atoms with Gasteiger partial charge >= 0.3 is 0 Å². The van der Waals surface area contributed by atoms with Gasteiger partial charge in [-0.05, 0) is 37.6 Å². The van der Waals surface area contributed by atoms with Gasteiger partial charge < -0.3 is 15.8 Å². The number of methoxy groups -OCH3 is 1. The largest absolute Gasteiger partial charge is 0.495 e. The molecule has 94 valence electrons. The normalized spacial score (nSPS) is 10.1. The van der Waals surface area contributed by atoms with Gasteiger partial charge in [-0.2, -0.15) is 0 Å². The molecule has 0 radical (unpaired) electrons. The topological polar surface area (TPSA) is 64.3 Å². The third kappa shape index (κ3) is 4.63. The fourth-order valence-corrected chi connectivity index (χ4v) is 1.59. The molecule has 3 N–H and O–H groups in total. The minimum absolute atomic E-state index is 0.0565. The molecule has 0 saturated heterocycles. The molecule has 0 aliphatic heterocycles. The summed E-state index contributed by atoms with van der Waals surface area (Å²) in [5.41, 5.74) is 5.96. The lowest BCUT2D eigenvalue weighted by Crippen LogP contribution is -2.12. The lowest BCUT2D eigenvalue weighted by Gasteiger charge is -2.10. The van der Waals surface area contributed by atoms with Gasteiger partial charge in [-0.1, -0.05) is 11.6 Å². The summed E-state index contributed by atoms with van der Waals surface area (Å²) in [6, 6.07) is 5.10. The third-order valence-corrected chi connectivity index (χ3v) is 2.53. The number of nitrogens with one attached hydrogen (secondary N) is 1. The summed E-state index contributed by atoms with van der Waals surface area (Å²) in [5, 5.41) is 3.33. The SMILES string of the molecule is COc1ccc(Cl)cc1NC(=O)CCCCN. The molecule has 0 spiro atoms. The molecule has 0 bridgehead atoms. The third-order valence-electron chi connectivity index (χ3n) is 2.29. The summed E-state index contributed by atoms with van der Waals surface area (Å²) in [5.74, 6) is 0.542. The van der Waals surface area contributed by atoms with Crippen LogP contribution in [0.2, 0.25) is 5.02 Å². The van der Waals surface area contributed by atoms with Crippen LogP contribution in [-0.2, 0) is 4.79 Å². The van der Waals surface area contributed by atoms with Crippen molar-refractivity contribution in [1.29, 1.82) is 0 Å². The Bertz CT molecular complexity index is 383. The van der Waals surface area contributed by atoms with Gasteiger partial charge in [0, 0.05) is 11.4 Å². The number of amides is 1. The number of ether oxygens (including phenoxy) is 1. The average molecular weight is 257 g/mol. The number of carbonyl (C=O) groups excluding carboxylic acids is 1. The molecule has 0 unspecified atom stereocenters. The quantitative estimate of drug-likeness (QED) is 0.769. The van der Waals surface area contributed by atoms with Gasteiger partial charge in [-0.3, -0.25) is 4.79 Å². The first-order valence-electron chi connectivity index (χ1n) is 5.51. The predicted molar refractivity (Wildman–Crippen MR) is 69.5 cm³/mol. The molecule has 4 nitrogen and oxygen atoms in total. The fraction of sp³-hybridized carbons (Fsp3) is 0.417. The zero-order valence-corrected chi connectivity index (χ0v) is 10.6. The Morgan fingerprint density at radius 3 is 2.88 bits per heavy atom. The molecule has 0 fully saturated rings. The monoisotopic (exact) mass is 256 g/mol. The van der Waals surface area contributed by atoms with Crippen LogP contribution in [0.5, 0.6) is 5.75 Å². The first-order valence-corrected chi connectivity index (χ1v) is 5.88. The molecule has 5 heteroatoms. The summed E-state index contributed by atoms with van der Waals surface area (Å²) in [6.45, 7) is 0.605. The summed E-state index contributed by atoms with van der Waals surface area (Å²) >= 11 is 5.86. The molecule has 17 heavy (non-hydrogen) atoms. The van der Waals surface area contributed by atoms with Crippen LogP contribution in [0.1, 0.15) is 19.3 Å². The van der Waals surface area contributed by atoms with E-state index in [4.69, 9.17) is 22.1 Å². The van der Waals surface area contributed by atoms with Gasteiger partial charge in [0.2, 0.25) is 5.91 Å². The number of anilines is 1. The van der Waals surface area contributed by atoms with Crippen molar-refractivity contribution < 1.29 is 9.53 Å². The van der Waals surface area contributed by atoms with Gasteiger partial charge in [-0.15, -0.1) is 0 Å². The highest BCUT2D eigenvalue weighted by Gasteiger charge is 2.07. The lowest BCUT2D eigenvalue weighted by molar-refractivity contribution is -0.116. The van der Waals surface area contributed by atoms with E-state index in [1.807, 2.05) is 0 Å². The molecule has 0 aliphatic rings. The van der Waals surface area contributed by atoms with Crippen LogP contribution in [0.3, 0.4) is 0 Å². The van der Waals surface area contributed by atoms with Crippen molar-refractivity contribution >= 4 is 23.2 Å². The van der Waals surface area contributed by atoms with Crippen LogP contribution in [0.25, 0.3) is 0 Å². The number of nitrogens with two attached hydrogens (primary N) is 1. The van der Waals surface area contributed by atoms with Crippen LogP contribution in [0, 0.1) is 0 Å². The van der Waals surface area contributed by atoms with Crippen molar-refractivity contribution in [2.24, 2.45) is 5.73 Å². The number of hydrogen-bond acceptors (Lipinski definition) is 3. The number of hydrogen-bond donors (Lipinski definition) is 2. The van der Waals surface area contributed by atoms with Crippen LogP contribution in [0.15, 0.2) is 18.2 Å². The Morgan fingerprint density at radius 2 is 2.24 bits per heavy atom. The lowest BCUT2D eigenvalue weighted by atomic mass is 10.2. The number of halogens is 1. The molecule has 0 heterocycles. The Labute approximate surface area is 106 Å². The first kappa shape index (κ1) is 13.8. The molecule has 0 aliphatic carbocycles. The first-order chi connectivity index (χ1) is 8.17. The zero-order valence-electron chi connectivity index (χ0n) is 9.83. The average Bonchev–Trinajstić information content (AvgIpc) is 2.29. The van der Waals surface area contributed by atoms with Crippen LogP contribution in [-0.4, -0.2) is 19.6 Å². The van der Waals surface area contributed by atoms with Crippen molar-refractivity contribution in [3.63, 3.8) is 0 Å². The Morgan fingerprint density at radius 1 is 1.47 bits per heavy atom. The molecular formula is C12H17ClN2O2. The van der Waals surface area contributed by atoms with E-state index in [0.717, 1.165) is 12.8 Å². The smallest absolute Gasteiger partial charge is 0.224 e. The fourth-order valence-electron chi connectivity index (χ4n) is 1.42. The maximum atomic E-state index is 11.6. The second-order valence-electron chi connectivity index (χ2n) is 3.64. The zero-order chi connectivity index (χ0) is 12.7. The highest BCUT2D eigenvalue weighted by molar-refractivity contribution is 6.31. The van der Waals surface area contributed by atoms with E-state index in [2.05, 4.69) is 5.32 Å². The van der Waals surface area contributed by atoms with Gasteiger partial charge in [0.25, 0.3) is 0 Å². The Kier molecular flexibility index (Phi) is 5.80. The van der Waals surface area contributed by atoms with E-state index in [1.165, 1.54) is 0 Å². The highest BCUT2D eigenvalue weighted by atomic mass is 35.5. The van der Waals surface area contributed by atoms with E-state index >= 15 is 0 Å². The van der Waals surface area contributed by atoms with Crippen molar-refractivity contribution in [2.75, 3.05) is 19.0 Å². The molecule has 0 saturated carbocycles. The van der Waals surface area contributed by atoms with E-state index in [-0.39, 0.29) is 5.91 Å². The standard InChI is InChI=1S/C12H17ClN2O2/c1-17-11-6-5-9(13)8-10(11)15-12(16)4-2-3-7-14/h5-6,8H,2-4,7,14H2,1H3,(H,15,16). The minimum Gasteiger partial charge on any atom is -0.495 e. The molecule has 1 aromatic rings. The molecule has 0 aromatic heterocycles. The molecular weight excluding hydrogens is 240 g/mol. The van der Waals surface area contributed by atoms with Crippen LogP contribution in [0.4, 0.5) is 5.69 Å².